The average Bonchev–Trinajstić information content (AvgIpc) is 3.01. The van der Waals surface area contributed by atoms with Crippen molar-refractivity contribution >= 4 is 5.91 Å². The summed E-state index contributed by atoms with van der Waals surface area (Å²) in [5.41, 5.74) is 0. The summed E-state index contributed by atoms with van der Waals surface area (Å²) in [5.74, 6) is -0.502. The zero-order chi connectivity index (χ0) is 31.6. The number of unbranched alkanes of at least 4 members (excludes halogenated alkanes) is 26. The molecular formula is C38H75NO4. The second kappa shape index (κ2) is 34.0. The van der Waals surface area contributed by atoms with Gasteiger partial charge in [0.15, 0.2) is 0 Å². The van der Waals surface area contributed by atoms with Gasteiger partial charge in [-0.3, -0.25) is 4.79 Å². The smallest absolute Gasteiger partial charge is 0.249 e. The van der Waals surface area contributed by atoms with Crippen LogP contribution < -0.4 is 5.32 Å². The van der Waals surface area contributed by atoms with Gasteiger partial charge in [-0.25, -0.2) is 0 Å². The molecule has 0 saturated carbocycles. The zero-order valence-electron chi connectivity index (χ0n) is 28.8. The molecule has 0 aliphatic rings. The lowest BCUT2D eigenvalue weighted by Gasteiger charge is -2.21. The van der Waals surface area contributed by atoms with Gasteiger partial charge in [0.05, 0.1) is 18.8 Å². The van der Waals surface area contributed by atoms with Gasteiger partial charge in [-0.1, -0.05) is 193 Å². The Kier molecular flexibility index (Phi) is 33.3. The number of allylic oxidation sites excluding steroid dienone is 1. The molecule has 3 unspecified atom stereocenters. The van der Waals surface area contributed by atoms with E-state index in [9.17, 15) is 20.1 Å². The first-order chi connectivity index (χ1) is 21.1. The maximum absolute atomic E-state index is 12.4. The molecule has 256 valence electrons. The van der Waals surface area contributed by atoms with Gasteiger partial charge in [0.2, 0.25) is 5.91 Å². The van der Waals surface area contributed by atoms with Gasteiger partial charge < -0.3 is 20.6 Å². The highest BCUT2D eigenvalue weighted by Crippen LogP contribution is 2.15. The van der Waals surface area contributed by atoms with Crippen LogP contribution in [0.4, 0.5) is 0 Å². The fraction of sp³-hybridized carbons (Fsp3) is 0.921. The average molecular weight is 610 g/mol. The van der Waals surface area contributed by atoms with E-state index in [1.165, 1.54) is 148 Å². The molecule has 0 rings (SSSR count). The van der Waals surface area contributed by atoms with Crippen molar-refractivity contribution in [2.24, 2.45) is 0 Å². The van der Waals surface area contributed by atoms with Crippen molar-refractivity contribution in [1.82, 2.24) is 5.32 Å². The Morgan fingerprint density at radius 1 is 0.558 bits per heavy atom. The predicted octanol–water partition coefficient (Wildman–Crippen LogP) is 10.1. The molecule has 0 aromatic carbocycles. The summed E-state index contributed by atoms with van der Waals surface area (Å²) >= 11 is 0. The van der Waals surface area contributed by atoms with Gasteiger partial charge >= 0.3 is 0 Å². The molecule has 0 heterocycles. The molecule has 0 aliphatic heterocycles. The zero-order valence-corrected chi connectivity index (χ0v) is 28.8. The van der Waals surface area contributed by atoms with Crippen LogP contribution in [0.3, 0.4) is 0 Å². The summed E-state index contributed by atoms with van der Waals surface area (Å²) in [6, 6.07) is -0.790. The van der Waals surface area contributed by atoms with Crippen molar-refractivity contribution in [1.29, 1.82) is 0 Å². The first-order valence-electron chi connectivity index (χ1n) is 19.0. The van der Waals surface area contributed by atoms with Crippen LogP contribution in [0.25, 0.3) is 0 Å². The molecule has 0 fully saturated rings. The van der Waals surface area contributed by atoms with Gasteiger partial charge in [0.25, 0.3) is 0 Å². The molecule has 1 amide bonds. The van der Waals surface area contributed by atoms with E-state index in [4.69, 9.17) is 0 Å². The third kappa shape index (κ3) is 29.6. The van der Waals surface area contributed by atoms with Gasteiger partial charge in [-0.15, -0.1) is 0 Å². The predicted molar refractivity (Wildman–Crippen MR) is 185 cm³/mol. The molecule has 0 aromatic rings. The summed E-state index contributed by atoms with van der Waals surface area (Å²) < 4.78 is 0. The molecule has 3 atom stereocenters. The number of aliphatic hydroxyl groups is 3. The maximum atomic E-state index is 12.4. The minimum absolute atomic E-state index is 0.360. The number of carbonyl (C=O) groups is 1. The Balaban J connectivity index is 3.67. The van der Waals surface area contributed by atoms with E-state index in [-0.39, 0.29) is 6.61 Å². The second-order valence-electron chi connectivity index (χ2n) is 13.1. The van der Waals surface area contributed by atoms with E-state index in [1.807, 2.05) is 6.08 Å². The van der Waals surface area contributed by atoms with Crippen LogP contribution >= 0.6 is 0 Å². The molecule has 0 saturated heterocycles. The molecule has 0 aromatic heterocycles. The van der Waals surface area contributed by atoms with Crippen molar-refractivity contribution in [3.8, 4) is 0 Å². The lowest BCUT2D eigenvalue weighted by Crippen LogP contribution is -2.48. The Morgan fingerprint density at radius 2 is 0.907 bits per heavy atom. The highest BCUT2D eigenvalue weighted by Gasteiger charge is 2.22. The number of hydrogen-bond acceptors (Lipinski definition) is 4. The van der Waals surface area contributed by atoms with Crippen molar-refractivity contribution in [2.45, 2.75) is 218 Å². The molecule has 0 spiro atoms. The van der Waals surface area contributed by atoms with Crippen molar-refractivity contribution < 1.29 is 20.1 Å². The minimum Gasteiger partial charge on any atom is -0.394 e. The monoisotopic (exact) mass is 610 g/mol. The van der Waals surface area contributed by atoms with Crippen LogP contribution in [-0.4, -0.2) is 46.1 Å². The Morgan fingerprint density at radius 3 is 1.28 bits per heavy atom. The van der Waals surface area contributed by atoms with Crippen molar-refractivity contribution in [3.63, 3.8) is 0 Å². The molecule has 5 heteroatoms. The van der Waals surface area contributed by atoms with E-state index < -0.39 is 24.2 Å². The molecule has 43 heavy (non-hydrogen) atoms. The quantitative estimate of drug-likeness (QED) is 0.0432. The fourth-order valence-electron chi connectivity index (χ4n) is 5.83. The number of aliphatic hydroxyl groups excluding tert-OH is 3. The van der Waals surface area contributed by atoms with Crippen molar-refractivity contribution in [2.75, 3.05) is 6.61 Å². The maximum Gasteiger partial charge on any atom is 0.249 e. The van der Waals surface area contributed by atoms with Crippen LogP contribution in [0.15, 0.2) is 12.2 Å². The van der Waals surface area contributed by atoms with E-state index in [1.54, 1.807) is 6.08 Å². The summed E-state index contributed by atoms with van der Waals surface area (Å²) in [5, 5.41) is 32.9. The van der Waals surface area contributed by atoms with E-state index >= 15 is 0 Å². The van der Waals surface area contributed by atoms with Crippen LogP contribution in [0.2, 0.25) is 0 Å². The lowest BCUT2D eigenvalue weighted by molar-refractivity contribution is -0.131. The van der Waals surface area contributed by atoms with E-state index in [0.717, 1.165) is 32.1 Å². The van der Waals surface area contributed by atoms with Crippen LogP contribution in [0.1, 0.15) is 200 Å². The Labute approximate surface area is 268 Å². The van der Waals surface area contributed by atoms with E-state index in [2.05, 4.69) is 19.2 Å². The number of amides is 1. The Bertz CT molecular complexity index is 596. The Hall–Kier alpha value is -0.910. The highest BCUT2D eigenvalue weighted by atomic mass is 16.3. The van der Waals surface area contributed by atoms with E-state index in [0.29, 0.717) is 6.42 Å². The summed E-state index contributed by atoms with van der Waals surface area (Å²) in [7, 11) is 0. The molecule has 4 N–H and O–H groups in total. The molecular weight excluding hydrogens is 534 g/mol. The minimum atomic E-state index is -1.09. The first-order valence-corrected chi connectivity index (χ1v) is 19.0. The number of nitrogens with one attached hydrogen (secondary N) is 1. The summed E-state index contributed by atoms with van der Waals surface area (Å²) in [6.07, 6.45) is 38.0. The number of rotatable bonds is 34. The van der Waals surface area contributed by atoms with Crippen LogP contribution in [0, 0.1) is 0 Å². The highest BCUT2D eigenvalue weighted by molar-refractivity contribution is 5.80. The topological polar surface area (TPSA) is 89.8 Å². The second-order valence-corrected chi connectivity index (χ2v) is 13.1. The SMILES string of the molecule is CCCCCCCCCCC/C=C/C(O)C(CO)NC(=O)C(O)CCCCCCCCCCCCCCCCCCCC. The molecule has 0 radical (unpaired) electrons. The molecule has 0 bridgehead atoms. The normalized spacial score (nSPS) is 13.9. The fourth-order valence-corrected chi connectivity index (χ4v) is 5.83. The first kappa shape index (κ1) is 42.1. The largest absolute Gasteiger partial charge is 0.394 e. The summed E-state index contributed by atoms with van der Waals surface area (Å²) in [4.78, 5) is 12.4. The third-order valence-corrected chi connectivity index (χ3v) is 8.88. The number of hydrogen-bond donors (Lipinski definition) is 4. The van der Waals surface area contributed by atoms with Gasteiger partial charge in [-0.05, 0) is 19.3 Å². The summed E-state index contributed by atoms with van der Waals surface area (Å²) in [6.45, 7) is 4.16. The third-order valence-electron chi connectivity index (χ3n) is 8.88. The van der Waals surface area contributed by atoms with Gasteiger partial charge in [0.1, 0.15) is 6.10 Å². The van der Waals surface area contributed by atoms with Gasteiger partial charge in [-0.2, -0.15) is 0 Å². The van der Waals surface area contributed by atoms with Gasteiger partial charge in [0, 0.05) is 0 Å². The van der Waals surface area contributed by atoms with Crippen molar-refractivity contribution in [3.05, 3.63) is 12.2 Å². The number of carbonyl (C=O) groups excluding carboxylic acids is 1. The molecule has 0 aliphatic carbocycles. The van der Waals surface area contributed by atoms with Crippen LogP contribution in [0.5, 0.6) is 0 Å². The standard InChI is InChI=1S/C38H75NO4/c1-3-5-7-9-11-13-15-16-17-18-19-20-21-23-25-27-29-31-33-37(42)38(43)39-35(34-40)36(41)32-30-28-26-24-22-14-12-10-8-6-4-2/h30,32,35-37,40-42H,3-29,31,33-34H2,1-2H3,(H,39,43)/b32-30+. The molecule has 5 nitrogen and oxygen atoms in total. The van der Waals surface area contributed by atoms with Crippen LogP contribution in [-0.2, 0) is 4.79 Å². The lowest BCUT2D eigenvalue weighted by atomic mass is 10.0.